The third-order valence-corrected chi connectivity index (χ3v) is 6.15. The topological polar surface area (TPSA) is 60.0 Å². The summed E-state index contributed by atoms with van der Waals surface area (Å²) in [7, 11) is 3.55. The fraction of sp³-hybridized carbons (Fsp3) is 0.652. The van der Waals surface area contributed by atoms with Crippen molar-refractivity contribution in [1.29, 1.82) is 0 Å². The standard InChI is InChI=1S/C23H37N5O.HI/c1-18-15-21(13-14-28(18)17-19-9-5-4-6-10-19)26-23(24-16-22(29)27(2)3)25-20-11-7-8-12-20;/h4-6,9-10,18,20-21H,7-8,11-17H2,1-3H3,(H2,24,25,26);1H. The van der Waals surface area contributed by atoms with E-state index in [1.807, 2.05) is 0 Å². The van der Waals surface area contributed by atoms with Crippen LogP contribution in [0.2, 0.25) is 0 Å². The van der Waals surface area contributed by atoms with Gasteiger partial charge >= 0.3 is 0 Å². The first-order valence-electron chi connectivity index (χ1n) is 11.1. The number of nitrogens with one attached hydrogen (secondary N) is 2. The fourth-order valence-corrected chi connectivity index (χ4v) is 4.28. The number of carbonyl (C=O) groups excluding carboxylic acids is 1. The van der Waals surface area contributed by atoms with E-state index in [1.54, 1.807) is 19.0 Å². The second-order valence-corrected chi connectivity index (χ2v) is 8.75. The molecule has 0 bridgehead atoms. The maximum atomic E-state index is 12.0. The van der Waals surface area contributed by atoms with Gasteiger partial charge in [0, 0.05) is 45.3 Å². The molecule has 2 aliphatic rings. The van der Waals surface area contributed by atoms with Crippen molar-refractivity contribution in [3.63, 3.8) is 0 Å². The fourth-order valence-electron chi connectivity index (χ4n) is 4.28. The third kappa shape index (κ3) is 7.72. The van der Waals surface area contributed by atoms with Gasteiger partial charge in [-0.1, -0.05) is 43.2 Å². The second-order valence-electron chi connectivity index (χ2n) is 8.75. The summed E-state index contributed by atoms with van der Waals surface area (Å²) in [6, 6.07) is 12.1. The van der Waals surface area contributed by atoms with E-state index in [1.165, 1.54) is 31.2 Å². The third-order valence-electron chi connectivity index (χ3n) is 6.15. The van der Waals surface area contributed by atoms with Gasteiger partial charge in [0.25, 0.3) is 0 Å². The molecular weight excluding hydrogens is 489 g/mol. The number of carbonyl (C=O) groups is 1. The Kier molecular flexibility index (Phi) is 10.4. The van der Waals surface area contributed by atoms with Crippen LogP contribution in [0.5, 0.6) is 0 Å². The minimum absolute atomic E-state index is 0. The van der Waals surface area contributed by atoms with Gasteiger partial charge in [-0.15, -0.1) is 24.0 Å². The van der Waals surface area contributed by atoms with Crippen LogP contribution in [0.3, 0.4) is 0 Å². The summed E-state index contributed by atoms with van der Waals surface area (Å²) < 4.78 is 0. The molecule has 2 fully saturated rings. The summed E-state index contributed by atoms with van der Waals surface area (Å²) in [5.74, 6) is 0.837. The Hall–Kier alpha value is -1.35. The highest BCUT2D eigenvalue weighted by Crippen LogP contribution is 2.21. The molecule has 2 N–H and O–H groups in total. The zero-order valence-corrected chi connectivity index (χ0v) is 21.0. The number of guanidine groups is 1. The Balaban J connectivity index is 0.00000320. The predicted octanol–water partition coefficient (Wildman–Crippen LogP) is 3.22. The van der Waals surface area contributed by atoms with E-state index in [2.05, 4.69) is 57.8 Å². The lowest BCUT2D eigenvalue weighted by atomic mass is 9.97. The average molecular weight is 527 g/mol. The number of likely N-dealkylation sites (N-methyl/N-ethyl adjacent to an activating group) is 1. The van der Waals surface area contributed by atoms with Gasteiger partial charge in [0.2, 0.25) is 5.91 Å². The highest BCUT2D eigenvalue weighted by atomic mass is 127. The number of piperidine rings is 1. The molecular formula is C23H38IN5O. The summed E-state index contributed by atoms with van der Waals surface area (Å²) in [5, 5.41) is 7.21. The van der Waals surface area contributed by atoms with Crippen molar-refractivity contribution in [2.45, 2.75) is 70.1 Å². The maximum Gasteiger partial charge on any atom is 0.243 e. The highest BCUT2D eigenvalue weighted by molar-refractivity contribution is 14.0. The number of nitrogens with zero attached hydrogens (tertiary/aromatic N) is 3. The maximum absolute atomic E-state index is 12.0. The van der Waals surface area contributed by atoms with Gasteiger partial charge in [-0.05, 0) is 38.2 Å². The van der Waals surface area contributed by atoms with Crippen LogP contribution in [0.4, 0.5) is 0 Å². The van der Waals surface area contributed by atoms with Gasteiger partial charge < -0.3 is 15.5 Å². The summed E-state index contributed by atoms with van der Waals surface area (Å²) in [4.78, 5) is 20.8. The SMILES string of the molecule is CC1CC(NC(=NCC(=O)N(C)C)NC2CCCC2)CCN1Cc1ccccc1.I. The summed E-state index contributed by atoms with van der Waals surface area (Å²) in [5.41, 5.74) is 1.37. The Labute approximate surface area is 198 Å². The van der Waals surface area contributed by atoms with Gasteiger partial charge in [0.05, 0.1) is 0 Å². The number of likely N-dealkylation sites (tertiary alicyclic amines) is 1. The highest BCUT2D eigenvalue weighted by Gasteiger charge is 2.27. The second kappa shape index (κ2) is 12.5. The van der Waals surface area contributed by atoms with Gasteiger partial charge in [-0.2, -0.15) is 0 Å². The summed E-state index contributed by atoms with van der Waals surface area (Å²) in [6.45, 7) is 4.58. The predicted molar refractivity (Wildman–Crippen MR) is 134 cm³/mol. The van der Waals surface area contributed by atoms with Crippen LogP contribution in [0.25, 0.3) is 0 Å². The molecule has 1 aromatic carbocycles. The van der Waals surface area contributed by atoms with E-state index < -0.39 is 0 Å². The van der Waals surface area contributed by atoms with Crippen molar-refractivity contribution in [2.24, 2.45) is 4.99 Å². The van der Waals surface area contributed by atoms with Crippen molar-refractivity contribution in [2.75, 3.05) is 27.2 Å². The van der Waals surface area contributed by atoms with Crippen LogP contribution in [-0.4, -0.2) is 67.0 Å². The Morgan fingerprint density at radius 2 is 1.77 bits per heavy atom. The van der Waals surface area contributed by atoms with Crippen LogP contribution < -0.4 is 10.6 Å². The van der Waals surface area contributed by atoms with Crippen LogP contribution >= 0.6 is 24.0 Å². The molecule has 0 spiro atoms. The van der Waals surface area contributed by atoms with E-state index in [-0.39, 0.29) is 36.4 Å². The average Bonchev–Trinajstić information content (AvgIpc) is 3.21. The molecule has 1 saturated heterocycles. The van der Waals surface area contributed by atoms with Crippen molar-refractivity contribution in [1.82, 2.24) is 20.4 Å². The van der Waals surface area contributed by atoms with Crippen LogP contribution in [0.1, 0.15) is 51.0 Å². The molecule has 2 unspecified atom stereocenters. The van der Waals surface area contributed by atoms with Crippen LogP contribution in [-0.2, 0) is 11.3 Å². The molecule has 6 nitrogen and oxygen atoms in total. The van der Waals surface area contributed by atoms with Crippen molar-refractivity contribution in [3.8, 4) is 0 Å². The van der Waals surface area contributed by atoms with Crippen LogP contribution in [0.15, 0.2) is 35.3 Å². The van der Waals surface area contributed by atoms with Gasteiger partial charge in [-0.25, -0.2) is 4.99 Å². The quantitative estimate of drug-likeness (QED) is 0.339. The molecule has 3 rings (SSSR count). The number of halogens is 1. The molecule has 1 aromatic rings. The Morgan fingerprint density at radius 3 is 2.40 bits per heavy atom. The first-order valence-corrected chi connectivity index (χ1v) is 11.1. The molecule has 168 valence electrons. The molecule has 0 aromatic heterocycles. The lowest BCUT2D eigenvalue weighted by molar-refractivity contribution is -0.127. The Morgan fingerprint density at radius 1 is 1.10 bits per heavy atom. The van der Waals surface area contributed by atoms with E-state index in [0.717, 1.165) is 31.9 Å². The molecule has 7 heteroatoms. The van der Waals surface area contributed by atoms with E-state index in [0.29, 0.717) is 18.1 Å². The van der Waals surface area contributed by atoms with Crippen molar-refractivity contribution < 1.29 is 4.79 Å². The molecule has 1 aliphatic heterocycles. The lowest BCUT2D eigenvalue weighted by Crippen LogP contribution is -2.52. The summed E-state index contributed by atoms with van der Waals surface area (Å²) >= 11 is 0. The monoisotopic (exact) mass is 527 g/mol. The first kappa shape index (κ1) is 24.9. The molecule has 1 amide bonds. The van der Waals surface area contributed by atoms with E-state index in [9.17, 15) is 4.79 Å². The number of aliphatic imine (C=N–C) groups is 1. The molecule has 30 heavy (non-hydrogen) atoms. The summed E-state index contributed by atoms with van der Waals surface area (Å²) in [6.07, 6.45) is 7.10. The normalized spacial score (nSPS) is 23.0. The number of hydrogen-bond donors (Lipinski definition) is 2. The smallest absolute Gasteiger partial charge is 0.243 e. The minimum atomic E-state index is 0. The zero-order valence-electron chi connectivity index (χ0n) is 18.6. The largest absolute Gasteiger partial charge is 0.354 e. The minimum Gasteiger partial charge on any atom is -0.354 e. The molecule has 1 aliphatic carbocycles. The Bertz CT molecular complexity index is 675. The molecule has 0 radical (unpaired) electrons. The molecule has 1 saturated carbocycles. The van der Waals surface area contributed by atoms with E-state index in [4.69, 9.17) is 0 Å². The van der Waals surface area contributed by atoms with Gasteiger partial charge in [0.15, 0.2) is 5.96 Å². The number of benzene rings is 1. The van der Waals surface area contributed by atoms with Gasteiger partial charge in [-0.3, -0.25) is 9.69 Å². The molecule has 2 atom stereocenters. The molecule has 1 heterocycles. The van der Waals surface area contributed by atoms with Crippen molar-refractivity contribution in [3.05, 3.63) is 35.9 Å². The lowest BCUT2D eigenvalue weighted by Gasteiger charge is -2.38. The van der Waals surface area contributed by atoms with Crippen molar-refractivity contribution >= 4 is 35.8 Å². The number of amides is 1. The first-order chi connectivity index (χ1) is 14.0. The number of hydrogen-bond acceptors (Lipinski definition) is 3. The number of rotatable bonds is 6. The van der Waals surface area contributed by atoms with Gasteiger partial charge in [0.1, 0.15) is 6.54 Å². The van der Waals surface area contributed by atoms with E-state index >= 15 is 0 Å². The van der Waals surface area contributed by atoms with Crippen LogP contribution in [0, 0.1) is 0 Å². The zero-order chi connectivity index (χ0) is 20.6.